The van der Waals surface area contributed by atoms with Crippen molar-refractivity contribution >= 4 is 50.3 Å². The molecule has 5 aromatic carbocycles. The maximum absolute atomic E-state index is 6.19. The molecule has 4 unspecified atom stereocenters. The Morgan fingerprint density at radius 2 is 1.40 bits per heavy atom. The maximum Gasteiger partial charge on any atom is 0.135 e. The van der Waals surface area contributed by atoms with Crippen LogP contribution in [0.3, 0.4) is 0 Å². The number of furan rings is 1. The predicted molar refractivity (Wildman–Crippen MR) is 195 cm³/mol. The molecule has 0 radical (unpaired) electrons. The highest BCUT2D eigenvalue weighted by Crippen LogP contribution is 2.54. The van der Waals surface area contributed by atoms with Crippen molar-refractivity contribution < 1.29 is 4.42 Å². The Hall–Kier alpha value is -5.54. The second-order valence-electron chi connectivity index (χ2n) is 13.6. The molecule has 0 bridgehead atoms. The van der Waals surface area contributed by atoms with Crippen molar-refractivity contribution in [1.82, 2.24) is 4.57 Å². The van der Waals surface area contributed by atoms with E-state index in [0.717, 1.165) is 21.9 Å². The molecule has 3 heterocycles. The van der Waals surface area contributed by atoms with E-state index in [1.807, 2.05) is 6.07 Å². The Morgan fingerprint density at radius 1 is 0.660 bits per heavy atom. The summed E-state index contributed by atoms with van der Waals surface area (Å²) < 4.78 is 8.62. The van der Waals surface area contributed by atoms with Crippen LogP contribution in [-0.4, -0.2) is 10.6 Å². The van der Waals surface area contributed by atoms with Crippen molar-refractivity contribution in [1.29, 1.82) is 0 Å². The Labute approximate surface area is 274 Å². The molecule has 0 amide bonds. The predicted octanol–water partition coefficient (Wildman–Crippen LogP) is 11.3. The summed E-state index contributed by atoms with van der Waals surface area (Å²) in [4.78, 5) is 2.53. The van der Waals surface area contributed by atoms with Crippen LogP contribution in [0.4, 0.5) is 11.4 Å². The van der Waals surface area contributed by atoms with Gasteiger partial charge in [0.15, 0.2) is 0 Å². The van der Waals surface area contributed by atoms with Gasteiger partial charge in [-0.05, 0) is 84.1 Å². The Morgan fingerprint density at radius 3 is 2.30 bits per heavy atom. The van der Waals surface area contributed by atoms with Gasteiger partial charge in [0.1, 0.15) is 11.2 Å². The van der Waals surface area contributed by atoms with Crippen LogP contribution in [0.15, 0.2) is 156 Å². The largest absolute Gasteiger partial charge is 0.456 e. The molecule has 0 saturated carbocycles. The summed E-state index contributed by atoms with van der Waals surface area (Å²) >= 11 is 0. The Balaban J connectivity index is 1.08. The number of anilines is 2. The molecule has 10 rings (SSSR count). The monoisotopic (exact) mass is 606 g/mol. The number of para-hydroxylation sites is 4. The molecule has 2 aromatic heterocycles. The van der Waals surface area contributed by atoms with Gasteiger partial charge in [-0.2, -0.15) is 0 Å². The van der Waals surface area contributed by atoms with Gasteiger partial charge in [-0.15, -0.1) is 0 Å². The van der Waals surface area contributed by atoms with Gasteiger partial charge in [-0.1, -0.05) is 104 Å². The molecular formula is C44H34N2O. The second kappa shape index (κ2) is 9.73. The highest BCUT2D eigenvalue weighted by atomic mass is 16.3. The fourth-order valence-electron chi connectivity index (χ4n) is 8.86. The first-order valence-corrected chi connectivity index (χ1v) is 16.7. The average molecular weight is 607 g/mol. The van der Waals surface area contributed by atoms with Crippen molar-refractivity contribution in [3.63, 3.8) is 0 Å². The summed E-state index contributed by atoms with van der Waals surface area (Å²) in [5.41, 5.74) is 12.1. The lowest BCUT2D eigenvalue weighted by atomic mass is 9.69. The fraction of sp³-hybridized carbons (Fsp3) is 0.136. The van der Waals surface area contributed by atoms with Gasteiger partial charge in [0.05, 0.1) is 17.3 Å². The summed E-state index contributed by atoms with van der Waals surface area (Å²) in [6, 6.07) is 43.8. The highest BCUT2D eigenvalue weighted by Gasteiger charge is 2.48. The smallest absolute Gasteiger partial charge is 0.135 e. The van der Waals surface area contributed by atoms with Crippen LogP contribution < -0.4 is 4.90 Å². The van der Waals surface area contributed by atoms with Crippen molar-refractivity contribution in [2.75, 3.05) is 4.90 Å². The third kappa shape index (κ3) is 3.68. The number of allylic oxidation sites excluding steroid dienone is 3. The molecule has 2 aliphatic carbocycles. The van der Waals surface area contributed by atoms with E-state index in [0.29, 0.717) is 5.92 Å². The molecule has 0 fully saturated rings. The van der Waals surface area contributed by atoms with Gasteiger partial charge < -0.3 is 13.9 Å². The first kappa shape index (κ1) is 26.7. The summed E-state index contributed by atoms with van der Waals surface area (Å²) in [7, 11) is 0. The standard InChI is InChI=1S/C44H34N2O/c1-28-32(22-23-39-43(28)34-15-6-9-17-37(34)45(39)30-12-4-3-5-13-30)29-20-25-42-44(2,27-29)36-16-8-10-18-38(36)46(42)31-21-24-41-35(26-31)33-14-7-11-19-40(33)47-41/h3-28,32,42H,1-2H3. The number of benzene rings is 5. The van der Waals surface area contributed by atoms with Gasteiger partial charge in [-0.25, -0.2) is 0 Å². The number of hydrogen-bond acceptors (Lipinski definition) is 2. The number of aromatic nitrogens is 1. The van der Waals surface area contributed by atoms with E-state index in [-0.39, 0.29) is 17.4 Å². The number of fused-ring (bicyclic) bond motifs is 9. The molecule has 47 heavy (non-hydrogen) atoms. The van der Waals surface area contributed by atoms with Crippen LogP contribution in [0.5, 0.6) is 0 Å². The van der Waals surface area contributed by atoms with E-state index in [1.165, 1.54) is 50.4 Å². The lowest BCUT2D eigenvalue weighted by Gasteiger charge is -2.38. The lowest BCUT2D eigenvalue weighted by Crippen LogP contribution is -2.40. The normalized spacial score (nSPS) is 22.9. The summed E-state index contributed by atoms with van der Waals surface area (Å²) in [6.45, 7) is 4.84. The van der Waals surface area contributed by atoms with Crippen LogP contribution in [0.1, 0.15) is 36.6 Å². The molecular weight excluding hydrogens is 572 g/mol. The topological polar surface area (TPSA) is 21.3 Å². The molecule has 3 heteroatoms. The molecule has 0 saturated heterocycles. The average Bonchev–Trinajstić information content (AvgIpc) is 3.74. The van der Waals surface area contributed by atoms with Gasteiger partial charge in [-0.3, -0.25) is 0 Å². The molecule has 7 aromatic rings. The minimum absolute atomic E-state index is 0.165. The van der Waals surface area contributed by atoms with Crippen molar-refractivity contribution in [3.05, 3.63) is 168 Å². The molecule has 0 spiro atoms. The molecule has 1 aliphatic heterocycles. The van der Waals surface area contributed by atoms with Gasteiger partial charge in [0.2, 0.25) is 0 Å². The Kier molecular flexibility index (Phi) is 5.52. The van der Waals surface area contributed by atoms with E-state index in [2.05, 4.69) is 169 Å². The van der Waals surface area contributed by atoms with Crippen molar-refractivity contribution in [2.45, 2.75) is 31.2 Å². The van der Waals surface area contributed by atoms with Crippen LogP contribution in [-0.2, 0) is 5.41 Å². The van der Waals surface area contributed by atoms with Crippen LogP contribution in [0.2, 0.25) is 0 Å². The highest BCUT2D eigenvalue weighted by molar-refractivity contribution is 6.06. The van der Waals surface area contributed by atoms with E-state index >= 15 is 0 Å². The first-order chi connectivity index (χ1) is 23.1. The SMILES string of the molecule is CC1c2c(n(-c3ccccc3)c3ccccc23)C=CC1C1=CC2(C)c3ccccc3N(c3ccc4oc5ccccc5c4c3)C2C=C1. The van der Waals surface area contributed by atoms with Gasteiger partial charge >= 0.3 is 0 Å². The van der Waals surface area contributed by atoms with E-state index < -0.39 is 0 Å². The molecule has 3 aliphatic rings. The van der Waals surface area contributed by atoms with E-state index in [4.69, 9.17) is 4.42 Å². The summed E-state index contributed by atoms with van der Waals surface area (Å²) in [6.07, 6.45) is 12.3. The molecule has 3 nitrogen and oxygen atoms in total. The second-order valence-corrected chi connectivity index (χ2v) is 13.6. The minimum Gasteiger partial charge on any atom is -0.456 e. The quantitative estimate of drug-likeness (QED) is 0.200. The lowest BCUT2D eigenvalue weighted by molar-refractivity contribution is 0.527. The summed E-state index contributed by atoms with van der Waals surface area (Å²) in [5, 5.41) is 3.66. The van der Waals surface area contributed by atoms with Crippen molar-refractivity contribution in [2.24, 2.45) is 5.92 Å². The number of nitrogens with zero attached hydrogens (tertiary/aromatic N) is 2. The zero-order chi connectivity index (χ0) is 31.3. The fourth-order valence-corrected chi connectivity index (χ4v) is 8.86. The zero-order valence-corrected chi connectivity index (χ0v) is 26.5. The molecule has 0 N–H and O–H groups in total. The van der Waals surface area contributed by atoms with E-state index in [9.17, 15) is 0 Å². The van der Waals surface area contributed by atoms with Crippen LogP contribution in [0.25, 0.3) is 44.6 Å². The zero-order valence-electron chi connectivity index (χ0n) is 26.5. The maximum atomic E-state index is 6.19. The first-order valence-electron chi connectivity index (χ1n) is 16.7. The van der Waals surface area contributed by atoms with Gasteiger partial charge in [0.25, 0.3) is 0 Å². The Bertz CT molecular complexity index is 2470. The summed E-state index contributed by atoms with van der Waals surface area (Å²) in [5.74, 6) is 0.604. The molecule has 226 valence electrons. The number of hydrogen-bond donors (Lipinski definition) is 0. The van der Waals surface area contributed by atoms with Crippen molar-refractivity contribution in [3.8, 4) is 5.69 Å². The third-order valence-electron chi connectivity index (χ3n) is 11.0. The van der Waals surface area contributed by atoms with E-state index in [1.54, 1.807) is 0 Å². The molecule has 4 atom stereocenters. The third-order valence-corrected chi connectivity index (χ3v) is 11.0. The van der Waals surface area contributed by atoms with Gasteiger partial charge in [0, 0.05) is 44.6 Å². The minimum atomic E-state index is -0.181. The van der Waals surface area contributed by atoms with Crippen LogP contribution >= 0.6 is 0 Å². The number of rotatable bonds is 3. The van der Waals surface area contributed by atoms with Crippen LogP contribution in [0, 0.1) is 5.92 Å².